The summed E-state index contributed by atoms with van der Waals surface area (Å²) in [6.45, 7) is 4.26. The summed E-state index contributed by atoms with van der Waals surface area (Å²) < 4.78 is 5.69. The molecule has 0 saturated heterocycles. The van der Waals surface area contributed by atoms with E-state index >= 15 is 0 Å². The molecule has 102 valence electrons. The SMILES string of the molecule is CC(CO)CSC(C)c1nnc(-c2ccccc2)o1. The van der Waals surface area contributed by atoms with E-state index in [2.05, 4.69) is 10.2 Å². The molecular formula is C14H18N2O2S. The van der Waals surface area contributed by atoms with E-state index in [0.29, 0.717) is 11.8 Å². The van der Waals surface area contributed by atoms with Gasteiger partial charge in [-0.15, -0.1) is 22.0 Å². The molecule has 1 heterocycles. The van der Waals surface area contributed by atoms with Crippen molar-refractivity contribution in [3.63, 3.8) is 0 Å². The Balaban J connectivity index is 2.01. The van der Waals surface area contributed by atoms with Gasteiger partial charge < -0.3 is 9.52 Å². The molecule has 0 spiro atoms. The predicted octanol–water partition coefficient (Wildman–Crippen LogP) is 3.16. The van der Waals surface area contributed by atoms with Crippen LogP contribution in [-0.4, -0.2) is 27.7 Å². The van der Waals surface area contributed by atoms with E-state index < -0.39 is 0 Å². The van der Waals surface area contributed by atoms with E-state index in [9.17, 15) is 0 Å². The molecule has 2 unspecified atom stereocenters. The van der Waals surface area contributed by atoms with Gasteiger partial charge in [0.25, 0.3) is 0 Å². The lowest BCUT2D eigenvalue weighted by Gasteiger charge is -2.10. The molecule has 0 aliphatic heterocycles. The summed E-state index contributed by atoms with van der Waals surface area (Å²) in [6.07, 6.45) is 0. The van der Waals surface area contributed by atoms with Gasteiger partial charge in [0, 0.05) is 12.2 Å². The van der Waals surface area contributed by atoms with Crippen LogP contribution < -0.4 is 0 Å². The monoisotopic (exact) mass is 278 g/mol. The topological polar surface area (TPSA) is 59.2 Å². The third kappa shape index (κ3) is 3.81. The average Bonchev–Trinajstić information content (AvgIpc) is 2.95. The fourth-order valence-electron chi connectivity index (χ4n) is 1.53. The second-order valence-corrected chi connectivity index (χ2v) is 5.95. The third-order valence-electron chi connectivity index (χ3n) is 2.75. The molecule has 4 nitrogen and oxygen atoms in total. The lowest BCUT2D eigenvalue weighted by atomic mass is 10.2. The first kappa shape index (κ1) is 14.1. The Bertz CT molecular complexity index is 501. The highest BCUT2D eigenvalue weighted by molar-refractivity contribution is 7.99. The van der Waals surface area contributed by atoms with Crippen molar-refractivity contribution in [2.45, 2.75) is 19.1 Å². The molecule has 1 N–H and O–H groups in total. The van der Waals surface area contributed by atoms with Crippen LogP contribution in [0.4, 0.5) is 0 Å². The minimum atomic E-state index is 0.138. The van der Waals surface area contributed by atoms with E-state index in [1.165, 1.54) is 0 Å². The summed E-state index contributed by atoms with van der Waals surface area (Å²) >= 11 is 1.71. The lowest BCUT2D eigenvalue weighted by Crippen LogP contribution is -2.04. The highest BCUT2D eigenvalue weighted by Crippen LogP contribution is 2.30. The summed E-state index contributed by atoms with van der Waals surface area (Å²) in [6, 6.07) is 9.74. The van der Waals surface area contributed by atoms with Crippen molar-refractivity contribution >= 4 is 11.8 Å². The fraction of sp³-hybridized carbons (Fsp3) is 0.429. The first-order valence-electron chi connectivity index (χ1n) is 6.32. The molecule has 2 rings (SSSR count). The second kappa shape index (κ2) is 6.73. The van der Waals surface area contributed by atoms with Crippen molar-refractivity contribution in [2.75, 3.05) is 12.4 Å². The predicted molar refractivity (Wildman–Crippen MR) is 76.9 cm³/mol. The van der Waals surface area contributed by atoms with Crippen molar-refractivity contribution in [1.82, 2.24) is 10.2 Å². The van der Waals surface area contributed by atoms with Crippen molar-refractivity contribution in [3.8, 4) is 11.5 Å². The molecule has 0 aliphatic rings. The first-order valence-corrected chi connectivity index (χ1v) is 7.37. The third-order valence-corrected chi connectivity index (χ3v) is 4.21. The maximum atomic E-state index is 9.01. The van der Waals surface area contributed by atoms with Crippen LogP contribution in [0.1, 0.15) is 25.0 Å². The van der Waals surface area contributed by atoms with Gasteiger partial charge in [-0.25, -0.2) is 0 Å². The van der Waals surface area contributed by atoms with Gasteiger partial charge in [0.2, 0.25) is 11.8 Å². The number of hydrogen-bond donors (Lipinski definition) is 1. The van der Waals surface area contributed by atoms with Crippen LogP contribution in [0.2, 0.25) is 0 Å². The number of thioether (sulfide) groups is 1. The molecule has 0 bridgehead atoms. The van der Waals surface area contributed by atoms with Gasteiger partial charge in [0.05, 0.1) is 5.25 Å². The number of aliphatic hydroxyl groups is 1. The second-order valence-electron chi connectivity index (χ2n) is 4.57. The Labute approximate surface area is 117 Å². The van der Waals surface area contributed by atoms with Crippen LogP contribution in [0.3, 0.4) is 0 Å². The number of rotatable bonds is 6. The summed E-state index contributed by atoms with van der Waals surface area (Å²) in [5, 5.41) is 17.3. The zero-order chi connectivity index (χ0) is 13.7. The number of hydrogen-bond acceptors (Lipinski definition) is 5. The number of aromatic nitrogens is 2. The van der Waals surface area contributed by atoms with Gasteiger partial charge >= 0.3 is 0 Å². The number of benzene rings is 1. The smallest absolute Gasteiger partial charge is 0.247 e. The van der Waals surface area contributed by atoms with Crippen LogP contribution in [0.25, 0.3) is 11.5 Å². The van der Waals surface area contributed by atoms with Gasteiger partial charge in [0.15, 0.2) is 0 Å². The van der Waals surface area contributed by atoms with Gasteiger partial charge in [-0.2, -0.15) is 0 Å². The van der Waals surface area contributed by atoms with Crippen molar-refractivity contribution in [3.05, 3.63) is 36.2 Å². The van der Waals surface area contributed by atoms with Crippen LogP contribution in [0.15, 0.2) is 34.7 Å². The van der Waals surface area contributed by atoms with Crippen LogP contribution in [0.5, 0.6) is 0 Å². The molecule has 0 amide bonds. The fourth-order valence-corrected chi connectivity index (χ4v) is 2.49. The Morgan fingerprint density at radius 2 is 1.95 bits per heavy atom. The van der Waals surface area contributed by atoms with Gasteiger partial charge in [0.1, 0.15) is 0 Å². The van der Waals surface area contributed by atoms with Gasteiger partial charge in [-0.3, -0.25) is 0 Å². The molecule has 1 aromatic heterocycles. The zero-order valence-corrected chi connectivity index (χ0v) is 11.9. The van der Waals surface area contributed by atoms with Crippen molar-refractivity contribution in [2.24, 2.45) is 5.92 Å². The minimum absolute atomic E-state index is 0.138. The first-order chi connectivity index (χ1) is 9.20. The molecule has 2 aromatic rings. The summed E-state index contributed by atoms with van der Waals surface area (Å²) in [5.41, 5.74) is 0.933. The highest BCUT2D eigenvalue weighted by Gasteiger charge is 2.16. The average molecular weight is 278 g/mol. The molecular weight excluding hydrogens is 260 g/mol. The Morgan fingerprint density at radius 3 is 2.63 bits per heavy atom. The molecule has 0 saturated carbocycles. The van der Waals surface area contributed by atoms with Crippen LogP contribution in [-0.2, 0) is 0 Å². The summed E-state index contributed by atoms with van der Waals surface area (Å²) in [5.74, 6) is 2.34. The van der Waals surface area contributed by atoms with E-state index in [1.807, 2.05) is 44.2 Å². The summed E-state index contributed by atoms with van der Waals surface area (Å²) in [7, 11) is 0. The molecule has 5 heteroatoms. The molecule has 2 atom stereocenters. The van der Waals surface area contributed by atoms with E-state index in [-0.39, 0.29) is 17.8 Å². The van der Waals surface area contributed by atoms with E-state index in [0.717, 1.165) is 11.3 Å². The molecule has 0 fully saturated rings. The number of aliphatic hydroxyl groups excluding tert-OH is 1. The quantitative estimate of drug-likeness (QED) is 0.879. The normalized spacial score (nSPS) is 14.3. The molecule has 1 aromatic carbocycles. The van der Waals surface area contributed by atoms with Crippen LogP contribution >= 0.6 is 11.8 Å². The van der Waals surface area contributed by atoms with Gasteiger partial charge in [-0.1, -0.05) is 25.1 Å². The van der Waals surface area contributed by atoms with Crippen molar-refractivity contribution < 1.29 is 9.52 Å². The highest BCUT2D eigenvalue weighted by atomic mass is 32.2. The largest absolute Gasteiger partial charge is 0.420 e. The molecule has 0 radical (unpaired) electrons. The van der Waals surface area contributed by atoms with Crippen LogP contribution in [0, 0.1) is 5.92 Å². The Morgan fingerprint density at radius 1 is 1.21 bits per heavy atom. The maximum absolute atomic E-state index is 9.01. The minimum Gasteiger partial charge on any atom is -0.420 e. The number of nitrogens with zero attached hydrogens (tertiary/aromatic N) is 2. The Kier molecular flexibility index (Phi) is 4.99. The Hall–Kier alpha value is -1.33. The standard InChI is InChI=1S/C14H18N2O2S/c1-10(8-17)9-19-11(2)13-15-16-14(18-13)12-6-4-3-5-7-12/h3-7,10-11,17H,8-9H2,1-2H3. The molecule has 0 aliphatic carbocycles. The van der Waals surface area contributed by atoms with E-state index in [4.69, 9.17) is 9.52 Å². The zero-order valence-electron chi connectivity index (χ0n) is 11.1. The lowest BCUT2D eigenvalue weighted by molar-refractivity contribution is 0.250. The molecule has 19 heavy (non-hydrogen) atoms. The van der Waals surface area contributed by atoms with E-state index in [1.54, 1.807) is 11.8 Å². The maximum Gasteiger partial charge on any atom is 0.247 e. The summed E-state index contributed by atoms with van der Waals surface area (Å²) in [4.78, 5) is 0. The van der Waals surface area contributed by atoms with Crippen molar-refractivity contribution in [1.29, 1.82) is 0 Å². The van der Waals surface area contributed by atoms with Gasteiger partial charge in [-0.05, 0) is 30.7 Å².